The monoisotopic (exact) mass is 282 g/mol. The maximum Gasteiger partial charge on any atom is 0.320 e. The second-order valence-electron chi connectivity index (χ2n) is 5.81. The highest BCUT2D eigenvalue weighted by molar-refractivity contribution is 7.29. The summed E-state index contributed by atoms with van der Waals surface area (Å²) in [6, 6.07) is 0. The third-order valence-electron chi connectivity index (χ3n) is 2.39. The quantitative estimate of drug-likeness (QED) is 0.786. The lowest BCUT2D eigenvalue weighted by Crippen LogP contribution is -2.57. The van der Waals surface area contributed by atoms with E-state index in [1.807, 2.05) is 13.1 Å². The predicted octanol–water partition coefficient (Wildman–Crippen LogP) is 2.19. The van der Waals surface area contributed by atoms with Crippen molar-refractivity contribution in [1.29, 1.82) is 0 Å². The van der Waals surface area contributed by atoms with Crippen molar-refractivity contribution in [2.75, 3.05) is 0 Å². The van der Waals surface area contributed by atoms with E-state index in [-0.39, 0.29) is 0 Å². The Bertz CT molecular complexity index is 210. The predicted molar refractivity (Wildman–Crippen MR) is 75.7 cm³/mol. The van der Waals surface area contributed by atoms with Crippen LogP contribution in [0.4, 0.5) is 0 Å². The Morgan fingerprint density at radius 3 is 1.53 bits per heavy atom. The Hall–Kier alpha value is 0.748. The van der Waals surface area contributed by atoms with E-state index in [2.05, 4.69) is 26.2 Å². The Morgan fingerprint density at radius 1 is 0.867 bits per heavy atom. The zero-order valence-electron chi connectivity index (χ0n) is 11.3. The molecule has 0 radical (unpaired) electrons. The van der Waals surface area contributed by atoms with Crippen LogP contribution >= 0.6 is 0 Å². The van der Waals surface area contributed by atoms with Crippen LogP contribution in [-0.2, 0) is 8.23 Å². The summed E-state index contributed by atoms with van der Waals surface area (Å²) < 4.78 is 12.0. The molecule has 7 heteroatoms. The third-order valence-corrected chi connectivity index (χ3v) is 22.6. The van der Waals surface area contributed by atoms with Crippen LogP contribution in [0.5, 0.6) is 0 Å². The van der Waals surface area contributed by atoms with Gasteiger partial charge in [0.2, 0.25) is 0 Å². The van der Waals surface area contributed by atoms with Crippen molar-refractivity contribution in [3.05, 3.63) is 0 Å². The van der Waals surface area contributed by atoms with Gasteiger partial charge in [0.1, 0.15) is 0 Å². The van der Waals surface area contributed by atoms with Gasteiger partial charge in [-0.1, -0.05) is 13.1 Å². The fourth-order valence-electron chi connectivity index (χ4n) is 1.37. The first kappa shape index (κ1) is 15.7. The first-order chi connectivity index (χ1) is 6.36. The van der Waals surface area contributed by atoms with Gasteiger partial charge >= 0.3 is 17.1 Å². The van der Waals surface area contributed by atoms with Crippen LogP contribution < -0.4 is 0 Å². The minimum absolute atomic E-state index is 0.742. The van der Waals surface area contributed by atoms with Gasteiger partial charge in [-0.05, 0) is 39.3 Å². The smallest absolute Gasteiger partial charge is 0.320 e. The fourth-order valence-corrected chi connectivity index (χ4v) is 17.4. The summed E-state index contributed by atoms with van der Waals surface area (Å²) in [7, 11) is -6.85. The molecule has 0 aliphatic carbocycles. The average molecular weight is 283 g/mol. The largest absolute Gasteiger partial charge is 0.439 e. The van der Waals surface area contributed by atoms with Gasteiger partial charge in [-0.3, -0.25) is 0 Å². The van der Waals surface area contributed by atoms with E-state index in [9.17, 15) is 4.80 Å². The molecular weight excluding hydrogens is 256 g/mol. The van der Waals surface area contributed by atoms with Gasteiger partial charge in [-0.2, -0.15) is 0 Å². The topological polar surface area (TPSA) is 38.7 Å². The maximum atomic E-state index is 9.79. The van der Waals surface area contributed by atoms with Gasteiger partial charge in [0.05, 0.1) is 8.31 Å². The van der Waals surface area contributed by atoms with E-state index in [1.54, 1.807) is 13.1 Å². The minimum atomic E-state index is -2.45. The van der Waals surface area contributed by atoms with E-state index in [1.165, 1.54) is 0 Å². The van der Waals surface area contributed by atoms with Gasteiger partial charge < -0.3 is 13.0 Å². The van der Waals surface area contributed by atoms with E-state index in [4.69, 9.17) is 8.23 Å². The minimum Gasteiger partial charge on any atom is -0.439 e. The SMILES string of the molecule is C[SiH](C)[Si](C)(C)O[Si](C)(C)O[Si](C)(C)O. The molecule has 3 nitrogen and oxygen atoms in total. The molecule has 0 saturated heterocycles. The third kappa shape index (κ3) is 6.82. The molecule has 0 atom stereocenters. The molecule has 92 valence electrons. The van der Waals surface area contributed by atoms with Crippen LogP contribution in [0.15, 0.2) is 0 Å². The zero-order valence-corrected chi connectivity index (χ0v) is 15.5. The van der Waals surface area contributed by atoms with Crippen LogP contribution in [0, 0.1) is 0 Å². The molecule has 15 heavy (non-hydrogen) atoms. The lowest BCUT2D eigenvalue weighted by atomic mass is 11.9. The van der Waals surface area contributed by atoms with Crippen molar-refractivity contribution >= 4 is 33.3 Å². The second-order valence-corrected chi connectivity index (χ2v) is 26.3. The molecule has 0 aromatic heterocycles. The number of rotatable bonds is 5. The highest BCUT2D eigenvalue weighted by Crippen LogP contribution is 2.20. The standard InChI is InChI=1S/C8H26O3Si4/c1-12(2)15(7,8)11-14(5,6)10-13(3,4)9/h9,12H,1-8H3. The second kappa shape index (κ2) is 4.94. The zero-order chi connectivity index (χ0) is 12.5. The average Bonchev–Trinajstić information content (AvgIpc) is 1.75. The molecule has 0 aliphatic heterocycles. The van der Waals surface area contributed by atoms with Gasteiger partial charge in [0, 0.05) is 0 Å². The van der Waals surface area contributed by atoms with Gasteiger partial charge in [-0.15, -0.1) is 0 Å². The van der Waals surface area contributed by atoms with Gasteiger partial charge in [0.15, 0.2) is 7.83 Å². The Balaban J connectivity index is 4.51. The maximum absolute atomic E-state index is 9.79. The summed E-state index contributed by atoms with van der Waals surface area (Å²) in [5.41, 5.74) is 0. The van der Waals surface area contributed by atoms with Gasteiger partial charge in [0.25, 0.3) is 0 Å². The van der Waals surface area contributed by atoms with Crippen LogP contribution in [-0.4, -0.2) is 38.1 Å². The summed E-state index contributed by atoms with van der Waals surface area (Å²) in [5, 5.41) is 0. The summed E-state index contributed by atoms with van der Waals surface area (Å²) in [6.07, 6.45) is 0. The fraction of sp³-hybridized carbons (Fsp3) is 1.00. The summed E-state index contributed by atoms with van der Waals surface area (Å²) in [6.45, 7) is 16.9. The molecule has 0 saturated carbocycles. The molecule has 0 bridgehead atoms. The van der Waals surface area contributed by atoms with Gasteiger partial charge in [-0.25, -0.2) is 0 Å². The Morgan fingerprint density at radius 2 is 1.27 bits per heavy atom. The lowest BCUT2D eigenvalue weighted by Gasteiger charge is -2.38. The molecule has 0 heterocycles. The highest BCUT2D eigenvalue weighted by Gasteiger charge is 2.40. The van der Waals surface area contributed by atoms with Crippen LogP contribution in [0.1, 0.15) is 0 Å². The van der Waals surface area contributed by atoms with E-state index in [0.29, 0.717) is 0 Å². The number of hydrogen-bond donors (Lipinski definition) is 1. The van der Waals surface area contributed by atoms with Crippen molar-refractivity contribution < 1.29 is 13.0 Å². The van der Waals surface area contributed by atoms with Crippen molar-refractivity contribution in [2.45, 2.75) is 52.4 Å². The molecule has 0 unspecified atom stereocenters. The number of hydrogen-bond acceptors (Lipinski definition) is 3. The van der Waals surface area contributed by atoms with Crippen LogP contribution in [0.2, 0.25) is 52.4 Å². The van der Waals surface area contributed by atoms with Crippen molar-refractivity contribution in [3.8, 4) is 0 Å². The molecule has 0 aliphatic rings. The molecule has 1 N–H and O–H groups in total. The summed E-state index contributed by atoms with van der Waals surface area (Å²) in [4.78, 5) is 9.79. The van der Waals surface area contributed by atoms with Crippen molar-refractivity contribution in [3.63, 3.8) is 0 Å². The van der Waals surface area contributed by atoms with E-state index in [0.717, 1.165) is 0 Å². The van der Waals surface area contributed by atoms with E-state index < -0.39 is 33.3 Å². The van der Waals surface area contributed by atoms with Crippen molar-refractivity contribution in [2.24, 2.45) is 0 Å². The lowest BCUT2D eigenvalue weighted by molar-refractivity contribution is 0.328. The Labute approximate surface area is 98.8 Å². The highest BCUT2D eigenvalue weighted by atomic mass is 29.2. The van der Waals surface area contributed by atoms with Crippen molar-refractivity contribution in [1.82, 2.24) is 0 Å². The van der Waals surface area contributed by atoms with Crippen LogP contribution in [0.3, 0.4) is 0 Å². The summed E-state index contributed by atoms with van der Waals surface area (Å²) in [5.74, 6) is 0. The molecule has 0 aromatic rings. The normalized spacial score (nSPS) is 14.8. The van der Waals surface area contributed by atoms with Crippen LogP contribution in [0.25, 0.3) is 0 Å². The molecule has 0 aromatic carbocycles. The molecule has 0 rings (SSSR count). The first-order valence-corrected chi connectivity index (χ1v) is 18.2. The Kier molecular flexibility index (Phi) is 5.19. The molecule has 0 amide bonds. The van der Waals surface area contributed by atoms with E-state index >= 15 is 0 Å². The molecular formula is C8H26O3Si4. The summed E-state index contributed by atoms with van der Waals surface area (Å²) >= 11 is 0. The first-order valence-electron chi connectivity index (χ1n) is 5.48. The molecule has 0 fully saturated rings. The molecule has 0 spiro atoms.